The van der Waals surface area contributed by atoms with Gasteiger partial charge in [-0.05, 0) is 26.3 Å². The van der Waals surface area contributed by atoms with E-state index in [1.165, 1.54) is 7.11 Å². The number of aliphatic hydroxyl groups excluding tert-OH is 1. The zero-order valence-corrected chi connectivity index (χ0v) is 9.30. The van der Waals surface area contributed by atoms with Crippen LogP contribution < -0.4 is 5.32 Å². The Morgan fingerprint density at radius 2 is 2.21 bits per heavy atom. The molecule has 0 aliphatic carbocycles. The third kappa shape index (κ3) is 4.07. The molecule has 0 amide bonds. The summed E-state index contributed by atoms with van der Waals surface area (Å²) in [6.45, 7) is 4.62. The van der Waals surface area contributed by atoms with E-state index in [-0.39, 0.29) is 12.6 Å². The van der Waals surface area contributed by atoms with Gasteiger partial charge in [0.25, 0.3) is 0 Å². The second-order valence-electron chi connectivity index (χ2n) is 3.58. The van der Waals surface area contributed by atoms with Gasteiger partial charge in [-0.2, -0.15) is 0 Å². The Balaban J connectivity index is 4.16. The highest BCUT2D eigenvalue weighted by molar-refractivity contribution is 5.80. The lowest BCUT2D eigenvalue weighted by molar-refractivity contribution is -0.148. The first-order chi connectivity index (χ1) is 6.60. The Kier molecular flexibility index (Phi) is 6.49. The van der Waals surface area contributed by atoms with Crippen molar-refractivity contribution in [2.45, 2.75) is 38.6 Å². The van der Waals surface area contributed by atoms with Crippen LogP contribution in [-0.4, -0.2) is 36.9 Å². The number of carbonyl (C=O) groups is 1. The molecular formula is C10H21NO3. The Hall–Kier alpha value is -0.610. The standard InChI is InChI=1S/C10H21NO3/c1-4-6-10(2,9(13)14-3)11-7-5-8-12/h11-12H,4-8H2,1-3H3. The third-order valence-corrected chi connectivity index (χ3v) is 2.24. The van der Waals surface area contributed by atoms with E-state index in [2.05, 4.69) is 5.32 Å². The third-order valence-electron chi connectivity index (χ3n) is 2.24. The second-order valence-corrected chi connectivity index (χ2v) is 3.58. The Labute approximate surface area is 85.6 Å². The zero-order chi connectivity index (χ0) is 11.0. The average molecular weight is 203 g/mol. The highest BCUT2D eigenvalue weighted by Crippen LogP contribution is 2.13. The number of nitrogens with one attached hydrogen (secondary N) is 1. The Bertz CT molecular complexity index is 173. The molecule has 2 N–H and O–H groups in total. The summed E-state index contributed by atoms with van der Waals surface area (Å²) in [5.41, 5.74) is -0.612. The fraction of sp³-hybridized carbons (Fsp3) is 0.900. The summed E-state index contributed by atoms with van der Waals surface area (Å²) in [6, 6.07) is 0. The molecule has 84 valence electrons. The van der Waals surface area contributed by atoms with Gasteiger partial charge in [-0.1, -0.05) is 13.3 Å². The fourth-order valence-corrected chi connectivity index (χ4v) is 1.43. The van der Waals surface area contributed by atoms with Crippen LogP contribution in [0, 0.1) is 0 Å². The van der Waals surface area contributed by atoms with Crippen molar-refractivity contribution >= 4 is 5.97 Å². The SMILES string of the molecule is CCCC(C)(NCCCO)C(=O)OC. The van der Waals surface area contributed by atoms with Gasteiger partial charge >= 0.3 is 5.97 Å². The molecule has 0 aliphatic rings. The van der Waals surface area contributed by atoms with E-state index in [1.54, 1.807) is 0 Å². The summed E-state index contributed by atoms with van der Waals surface area (Å²) in [5.74, 6) is -0.239. The van der Waals surface area contributed by atoms with Crippen LogP contribution in [0.3, 0.4) is 0 Å². The maximum absolute atomic E-state index is 11.5. The number of rotatable bonds is 7. The van der Waals surface area contributed by atoms with Crippen molar-refractivity contribution in [1.82, 2.24) is 5.32 Å². The number of hydrogen-bond donors (Lipinski definition) is 2. The van der Waals surface area contributed by atoms with E-state index in [9.17, 15) is 4.79 Å². The van der Waals surface area contributed by atoms with Crippen molar-refractivity contribution in [1.29, 1.82) is 0 Å². The summed E-state index contributed by atoms with van der Waals surface area (Å²) in [6.07, 6.45) is 2.30. The topological polar surface area (TPSA) is 58.6 Å². The van der Waals surface area contributed by atoms with Crippen LogP contribution in [-0.2, 0) is 9.53 Å². The number of aliphatic hydroxyl groups is 1. The van der Waals surface area contributed by atoms with Crippen molar-refractivity contribution in [2.75, 3.05) is 20.3 Å². The van der Waals surface area contributed by atoms with Crippen LogP contribution in [0.2, 0.25) is 0 Å². The first-order valence-electron chi connectivity index (χ1n) is 5.05. The van der Waals surface area contributed by atoms with E-state index in [0.29, 0.717) is 13.0 Å². The van der Waals surface area contributed by atoms with Gasteiger partial charge in [-0.15, -0.1) is 0 Å². The minimum absolute atomic E-state index is 0.135. The van der Waals surface area contributed by atoms with Crippen molar-refractivity contribution in [3.63, 3.8) is 0 Å². The van der Waals surface area contributed by atoms with Crippen LogP contribution in [0.1, 0.15) is 33.1 Å². The maximum atomic E-state index is 11.5. The summed E-state index contributed by atoms with van der Waals surface area (Å²) in [5, 5.41) is 11.7. The van der Waals surface area contributed by atoms with Crippen molar-refractivity contribution in [3.8, 4) is 0 Å². The summed E-state index contributed by atoms with van der Waals surface area (Å²) in [4.78, 5) is 11.5. The van der Waals surface area contributed by atoms with Gasteiger partial charge in [0.15, 0.2) is 0 Å². The summed E-state index contributed by atoms with van der Waals surface area (Å²) >= 11 is 0. The minimum Gasteiger partial charge on any atom is -0.468 e. The lowest BCUT2D eigenvalue weighted by Gasteiger charge is -2.27. The second kappa shape index (κ2) is 6.79. The predicted octanol–water partition coefficient (Wildman–Crippen LogP) is 0.690. The van der Waals surface area contributed by atoms with Crippen LogP contribution in [0.15, 0.2) is 0 Å². The van der Waals surface area contributed by atoms with E-state index in [4.69, 9.17) is 9.84 Å². The Morgan fingerprint density at radius 3 is 2.64 bits per heavy atom. The number of esters is 1. The smallest absolute Gasteiger partial charge is 0.325 e. The number of hydrogen-bond acceptors (Lipinski definition) is 4. The van der Waals surface area contributed by atoms with E-state index >= 15 is 0 Å². The largest absolute Gasteiger partial charge is 0.468 e. The molecule has 4 nitrogen and oxygen atoms in total. The van der Waals surface area contributed by atoms with Crippen LogP contribution in [0.4, 0.5) is 0 Å². The van der Waals surface area contributed by atoms with Gasteiger partial charge in [0.05, 0.1) is 7.11 Å². The van der Waals surface area contributed by atoms with E-state index in [0.717, 1.165) is 12.8 Å². The molecule has 14 heavy (non-hydrogen) atoms. The van der Waals surface area contributed by atoms with Gasteiger partial charge in [0.1, 0.15) is 5.54 Å². The van der Waals surface area contributed by atoms with Gasteiger partial charge in [0.2, 0.25) is 0 Å². The lowest BCUT2D eigenvalue weighted by Crippen LogP contribution is -2.50. The highest BCUT2D eigenvalue weighted by Gasteiger charge is 2.32. The fourth-order valence-electron chi connectivity index (χ4n) is 1.43. The van der Waals surface area contributed by atoms with E-state index in [1.807, 2.05) is 13.8 Å². The monoisotopic (exact) mass is 203 g/mol. The lowest BCUT2D eigenvalue weighted by atomic mass is 9.96. The van der Waals surface area contributed by atoms with Crippen LogP contribution in [0.5, 0.6) is 0 Å². The minimum atomic E-state index is -0.612. The number of methoxy groups -OCH3 is 1. The van der Waals surface area contributed by atoms with E-state index < -0.39 is 5.54 Å². The van der Waals surface area contributed by atoms with Gasteiger partial charge in [-0.25, -0.2) is 0 Å². The first kappa shape index (κ1) is 13.4. The highest BCUT2D eigenvalue weighted by atomic mass is 16.5. The van der Waals surface area contributed by atoms with Crippen molar-refractivity contribution in [3.05, 3.63) is 0 Å². The molecule has 0 aromatic carbocycles. The van der Waals surface area contributed by atoms with Crippen molar-refractivity contribution < 1.29 is 14.6 Å². The number of ether oxygens (including phenoxy) is 1. The molecule has 1 unspecified atom stereocenters. The van der Waals surface area contributed by atoms with Gasteiger partial charge in [0, 0.05) is 6.61 Å². The molecule has 1 atom stereocenters. The quantitative estimate of drug-likeness (QED) is 0.472. The van der Waals surface area contributed by atoms with Crippen LogP contribution in [0.25, 0.3) is 0 Å². The molecule has 4 heteroatoms. The molecule has 0 rings (SSSR count). The predicted molar refractivity (Wildman–Crippen MR) is 55.0 cm³/mol. The molecule has 0 aliphatic heterocycles. The molecular weight excluding hydrogens is 182 g/mol. The van der Waals surface area contributed by atoms with Gasteiger partial charge < -0.3 is 15.2 Å². The normalized spacial score (nSPS) is 14.9. The zero-order valence-electron chi connectivity index (χ0n) is 9.30. The summed E-state index contributed by atoms with van der Waals surface area (Å²) < 4.78 is 4.73. The molecule has 0 heterocycles. The summed E-state index contributed by atoms with van der Waals surface area (Å²) in [7, 11) is 1.39. The molecule has 0 saturated heterocycles. The molecule has 0 bridgehead atoms. The maximum Gasteiger partial charge on any atom is 0.325 e. The molecule has 0 aromatic rings. The van der Waals surface area contributed by atoms with Gasteiger partial charge in [-0.3, -0.25) is 4.79 Å². The van der Waals surface area contributed by atoms with Crippen LogP contribution >= 0.6 is 0 Å². The average Bonchev–Trinajstić information content (AvgIpc) is 2.17. The number of carbonyl (C=O) groups excluding carboxylic acids is 1. The molecule has 0 aromatic heterocycles. The van der Waals surface area contributed by atoms with Crippen molar-refractivity contribution in [2.24, 2.45) is 0 Å². The molecule has 0 fully saturated rings. The first-order valence-corrected chi connectivity index (χ1v) is 5.05. The molecule has 0 spiro atoms. The molecule has 0 radical (unpaired) electrons. The Morgan fingerprint density at radius 1 is 1.57 bits per heavy atom. The molecule has 0 saturated carbocycles.